The molecule has 0 fully saturated rings. The van der Waals surface area contributed by atoms with E-state index in [0.29, 0.717) is 31.9 Å². The van der Waals surface area contributed by atoms with Crippen LogP contribution in [0.5, 0.6) is 0 Å². The molecule has 1 aromatic rings. The van der Waals surface area contributed by atoms with E-state index in [2.05, 4.69) is 5.32 Å². The molecule has 0 saturated carbocycles. The van der Waals surface area contributed by atoms with E-state index in [9.17, 15) is 22.4 Å². The summed E-state index contributed by atoms with van der Waals surface area (Å²) < 4.78 is 50.4. The van der Waals surface area contributed by atoms with E-state index in [1.54, 1.807) is 0 Å². The number of carboxylic acid groups (broad SMARTS) is 1. The molecule has 0 unspecified atom stereocenters. The summed E-state index contributed by atoms with van der Waals surface area (Å²) in [5, 5.41) is 11.1. The highest BCUT2D eigenvalue weighted by atomic mass is 19.4. The van der Waals surface area contributed by atoms with E-state index in [4.69, 9.17) is 5.11 Å². The summed E-state index contributed by atoms with van der Waals surface area (Å²) in [6.45, 7) is 0.377. The van der Waals surface area contributed by atoms with Crippen molar-refractivity contribution in [3.63, 3.8) is 0 Å². The number of anilines is 1. The number of unbranched alkanes of at least 4 members (excludes halogenated alkanes) is 2. The maximum absolute atomic E-state index is 13.4. The van der Waals surface area contributed by atoms with E-state index < -0.39 is 23.5 Å². The lowest BCUT2D eigenvalue weighted by atomic mass is 10.1. The van der Waals surface area contributed by atoms with Crippen LogP contribution in [0.3, 0.4) is 0 Å². The lowest BCUT2D eigenvalue weighted by Crippen LogP contribution is -2.08. The summed E-state index contributed by atoms with van der Waals surface area (Å²) in [6, 6.07) is 2.32. The number of nitrogens with one attached hydrogen (secondary N) is 1. The third kappa shape index (κ3) is 5.46. The van der Waals surface area contributed by atoms with Crippen molar-refractivity contribution in [1.29, 1.82) is 0 Å². The number of rotatable bonds is 7. The van der Waals surface area contributed by atoms with Crippen molar-refractivity contribution < 1.29 is 27.5 Å². The smallest absolute Gasteiger partial charge is 0.416 e. The topological polar surface area (TPSA) is 49.3 Å². The zero-order valence-electron chi connectivity index (χ0n) is 10.6. The SMILES string of the molecule is O=C(O)CCCCCNc1ccc(C(F)(F)F)cc1F. The standard InChI is InChI=1S/C13H15F4NO2/c14-10-8-9(13(15,16)17)5-6-11(10)18-7-3-1-2-4-12(19)20/h5-6,8,18H,1-4,7H2,(H,19,20). The van der Waals surface area contributed by atoms with E-state index >= 15 is 0 Å². The van der Waals surface area contributed by atoms with Crippen LogP contribution in [-0.2, 0) is 11.0 Å². The first-order chi connectivity index (χ1) is 9.30. The largest absolute Gasteiger partial charge is 0.481 e. The van der Waals surface area contributed by atoms with Gasteiger partial charge in [0.25, 0.3) is 0 Å². The molecule has 0 bridgehead atoms. The Morgan fingerprint density at radius 1 is 1.20 bits per heavy atom. The van der Waals surface area contributed by atoms with Gasteiger partial charge in [0.15, 0.2) is 0 Å². The van der Waals surface area contributed by atoms with Gasteiger partial charge in [0.05, 0.1) is 11.3 Å². The van der Waals surface area contributed by atoms with Crippen molar-refractivity contribution >= 4 is 11.7 Å². The fourth-order valence-electron chi connectivity index (χ4n) is 1.64. The molecule has 7 heteroatoms. The van der Waals surface area contributed by atoms with Gasteiger partial charge in [-0.05, 0) is 31.0 Å². The van der Waals surface area contributed by atoms with Crippen LogP contribution in [0.2, 0.25) is 0 Å². The zero-order chi connectivity index (χ0) is 15.2. The number of carboxylic acids is 1. The first-order valence-electron chi connectivity index (χ1n) is 6.13. The minimum Gasteiger partial charge on any atom is -0.481 e. The monoisotopic (exact) mass is 293 g/mol. The minimum absolute atomic E-state index is 0.0104. The predicted molar refractivity (Wildman–Crippen MR) is 66.0 cm³/mol. The van der Waals surface area contributed by atoms with E-state index in [1.807, 2.05) is 0 Å². The van der Waals surface area contributed by atoms with Gasteiger partial charge < -0.3 is 10.4 Å². The molecule has 0 radical (unpaired) electrons. The molecule has 0 atom stereocenters. The Bertz CT molecular complexity index is 460. The number of carbonyl (C=O) groups is 1. The molecule has 0 aliphatic heterocycles. The molecule has 0 aromatic heterocycles. The molecule has 3 nitrogen and oxygen atoms in total. The minimum atomic E-state index is -4.56. The van der Waals surface area contributed by atoms with Crippen LogP contribution in [0.4, 0.5) is 23.2 Å². The van der Waals surface area contributed by atoms with Gasteiger partial charge in [0.1, 0.15) is 5.82 Å². The summed E-state index contributed by atoms with van der Waals surface area (Å²) in [7, 11) is 0. The molecule has 112 valence electrons. The van der Waals surface area contributed by atoms with E-state index in [0.717, 1.165) is 12.1 Å². The fraction of sp³-hybridized carbons (Fsp3) is 0.462. The molecule has 0 saturated heterocycles. The van der Waals surface area contributed by atoms with Gasteiger partial charge in [-0.2, -0.15) is 13.2 Å². The maximum atomic E-state index is 13.4. The third-order valence-corrected chi connectivity index (χ3v) is 2.68. The van der Waals surface area contributed by atoms with Gasteiger partial charge in [-0.1, -0.05) is 6.42 Å². The number of hydrogen-bond acceptors (Lipinski definition) is 2. The quantitative estimate of drug-likeness (QED) is 0.592. The lowest BCUT2D eigenvalue weighted by Gasteiger charge is -2.10. The average Bonchev–Trinajstić information content (AvgIpc) is 2.33. The normalized spacial score (nSPS) is 11.4. The van der Waals surface area contributed by atoms with Gasteiger partial charge in [-0.25, -0.2) is 4.39 Å². The van der Waals surface area contributed by atoms with Gasteiger partial charge in [-0.15, -0.1) is 0 Å². The molecular formula is C13H15F4NO2. The van der Waals surface area contributed by atoms with Gasteiger partial charge in [-0.3, -0.25) is 4.79 Å². The van der Waals surface area contributed by atoms with Crippen LogP contribution < -0.4 is 5.32 Å². The molecular weight excluding hydrogens is 278 g/mol. The molecule has 0 heterocycles. The molecule has 1 aromatic carbocycles. The van der Waals surface area contributed by atoms with Crippen LogP contribution >= 0.6 is 0 Å². The Labute approximate surface area is 113 Å². The van der Waals surface area contributed by atoms with Crippen LogP contribution in [0.25, 0.3) is 0 Å². The van der Waals surface area contributed by atoms with Crippen molar-refractivity contribution in [1.82, 2.24) is 0 Å². The highest BCUT2D eigenvalue weighted by molar-refractivity contribution is 5.66. The molecule has 2 N–H and O–H groups in total. The van der Waals surface area contributed by atoms with Crippen LogP contribution in [-0.4, -0.2) is 17.6 Å². The molecule has 0 amide bonds. The molecule has 1 rings (SSSR count). The summed E-state index contributed by atoms with van der Waals surface area (Å²) >= 11 is 0. The van der Waals surface area contributed by atoms with Gasteiger partial charge in [0.2, 0.25) is 0 Å². The molecule has 0 aliphatic carbocycles. The molecule has 20 heavy (non-hydrogen) atoms. The number of aliphatic carboxylic acids is 1. The van der Waals surface area contributed by atoms with Gasteiger partial charge >= 0.3 is 12.1 Å². The highest BCUT2D eigenvalue weighted by Crippen LogP contribution is 2.31. The van der Waals surface area contributed by atoms with Crippen molar-refractivity contribution in [3.05, 3.63) is 29.6 Å². The van der Waals surface area contributed by atoms with Crippen molar-refractivity contribution in [2.75, 3.05) is 11.9 Å². The van der Waals surface area contributed by atoms with Crippen LogP contribution in [0, 0.1) is 5.82 Å². The highest BCUT2D eigenvalue weighted by Gasteiger charge is 2.31. The summed E-state index contributed by atoms with van der Waals surface area (Å²) in [5.41, 5.74) is -1.02. The van der Waals surface area contributed by atoms with Crippen LogP contribution in [0.15, 0.2) is 18.2 Å². The van der Waals surface area contributed by atoms with Gasteiger partial charge in [0, 0.05) is 13.0 Å². The number of hydrogen-bond donors (Lipinski definition) is 2. The van der Waals surface area contributed by atoms with Crippen molar-refractivity contribution in [2.24, 2.45) is 0 Å². The van der Waals surface area contributed by atoms with Crippen molar-refractivity contribution in [2.45, 2.75) is 31.9 Å². The number of alkyl halides is 3. The summed E-state index contributed by atoms with van der Waals surface area (Å²) in [5.74, 6) is -1.82. The second-order valence-electron chi connectivity index (χ2n) is 4.32. The Morgan fingerprint density at radius 2 is 1.90 bits per heavy atom. The first-order valence-corrected chi connectivity index (χ1v) is 6.13. The Kier molecular flexibility index (Phi) is 5.79. The molecule has 0 spiro atoms. The Hall–Kier alpha value is -1.79. The fourth-order valence-corrected chi connectivity index (χ4v) is 1.64. The number of halogens is 4. The predicted octanol–water partition coefficient (Wildman–Crippen LogP) is 3.90. The number of benzene rings is 1. The maximum Gasteiger partial charge on any atom is 0.416 e. The summed E-state index contributed by atoms with van der Waals surface area (Å²) in [6.07, 6.45) is -2.69. The van der Waals surface area contributed by atoms with Crippen LogP contribution in [0.1, 0.15) is 31.2 Å². The second-order valence-corrected chi connectivity index (χ2v) is 4.32. The second kappa shape index (κ2) is 7.12. The van der Waals surface area contributed by atoms with E-state index in [-0.39, 0.29) is 12.1 Å². The first kappa shape index (κ1) is 16.3. The average molecular weight is 293 g/mol. The lowest BCUT2D eigenvalue weighted by molar-refractivity contribution is -0.138. The Balaban J connectivity index is 2.40. The Morgan fingerprint density at radius 3 is 2.45 bits per heavy atom. The summed E-state index contributed by atoms with van der Waals surface area (Å²) in [4.78, 5) is 10.3. The van der Waals surface area contributed by atoms with E-state index in [1.165, 1.54) is 0 Å². The third-order valence-electron chi connectivity index (χ3n) is 2.68. The van der Waals surface area contributed by atoms with Crippen molar-refractivity contribution in [3.8, 4) is 0 Å². The molecule has 0 aliphatic rings. The zero-order valence-corrected chi connectivity index (χ0v) is 10.6.